The van der Waals surface area contributed by atoms with Gasteiger partial charge in [0.2, 0.25) is 10.8 Å². The number of benzene rings is 2. The van der Waals surface area contributed by atoms with E-state index in [9.17, 15) is 9.59 Å². The molecule has 1 spiro atoms. The maximum atomic E-state index is 14.1. The van der Waals surface area contributed by atoms with E-state index in [-0.39, 0.29) is 17.6 Å². The lowest BCUT2D eigenvalue weighted by Gasteiger charge is -2.34. The minimum absolute atomic E-state index is 0.00825. The molecule has 7 heteroatoms. The van der Waals surface area contributed by atoms with E-state index in [0.717, 1.165) is 35.8 Å². The van der Waals surface area contributed by atoms with E-state index in [0.29, 0.717) is 12.6 Å². The van der Waals surface area contributed by atoms with Gasteiger partial charge in [0.15, 0.2) is 6.67 Å². The third-order valence-electron chi connectivity index (χ3n) is 6.64. The molecular weight excluding hydrogens is 410 g/mol. The van der Waals surface area contributed by atoms with E-state index in [1.807, 2.05) is 53.4 Å². The van der Waals surface area contributed by atoms with Crippen molar-refractivity contribution in [1.29, 1.82) is 0 Å². The van der Waals surface area contributed by atoms with Gasteiger partial charge in [-0.25, -0.2) is 0 Å². The van der Waals surface area contributed by atoms with Gasteiger partial charge in [0.1, 0.15) is 5.75 Å². The third-order valence-corrected chi connectivity index (χ3v) is 8.03. The van der Waals surface area contributed by atoms with Crippen LogP contribution in [0.2, 0.25) is 0 Å². The Kier molecular flexibility index (Phi) is 5.18. The number of hydrogen-bond donors (Lipinski definition) is 1. The summed E-state index contributed by atoms with van der Waals surface area (Å²) in [4.78, 5) is 31.2. The van der Waals surface area contributed by atoms with Crippen molar-refractivity contribution in [3.63, 3.8) is 0 Å². The van der Waals surface area contributed by atoms with Crippen LogP contribution >= 0.6 is 11.8 Å². The van der Waals surface area contributed by atoms with Crippen molar-refractivity contribution < 1.29 is 19.2 Å². The lowest BCUT2D eigenvalue weighted by molar-refractivity contribution is -0.907. The largest absolute Gasteiger partial charge is 0.497 e. The van der Waals surface area contributed by atoms with Gasteiger partial charge in [-0.05, 0) is 43.2 Å². The zero-order valence-electron chi connectivity index (χ0n) is 18.0. The number of nitrogens with one attached hydrogen (secondary N) is 1. The summed E-state index contributed by atoms with van der Waals surface area (Å²) in [7, 11) is 1.62. The number of amides is 2. The number of para-hydroxylation sites is 1. The molecule has 6 nitrogen and oxygen atoms in total. The SMILES string of the molecule is COc1ccc(N2C(=O)CSC23C(=O)N(C[NH+]2CCCC(C)C2)c2ccccc23)cc1. The maximum absolute atomic E-state index is 14.1. The maximum Gasteiger partial charge on any atom is 0.273 e. The average Bonchev–Trinajstić information content (AvgIpc) is 3.25. The van der Waals surface area contributed by atoms with Crippen molar-refractivity contribution in [3.8, 4) is 5.75 Å². The summed E-state index contributed by atoms with van der Waals surface area (Å²) < 4.78 is 5.28. The summed E-state index contributed by atoms with van der Waals surface area (Å²) in [6.45, 7) is 5.09. The summed E-state index contributed by atoms with van der Waals surface area (Å²) >= 11 is 1.44. The zero-order valence-corrected chi connectivity index (χ0v) is 18.8. The van der Waals surface area contributed by atoms with Crippen LogP contribution in [-0.2, 0) is 14.5 Å². The first kappa shape index (κ1) is 20.4. The number of fused-ring (bicyclic) bond motifs is 2. The molecule has 2 aromatic carbocycles. The van der Waals surface area contributed by atoms with Crippen molar-refractivity contribution in [1.82, 2.24) is 0 Å². The Morgan fingerprint density at radius 3 is 2.68 bits per heavy atom. The second-order valence-electron chi connectivity index (χ2n) is 8.72. The first-order valence-electron chi connectivity index (χ1n) is 10.9. The Morgan fingerprint density at radius 2 is 1.94 bits per heavy atom. The van der Waals surface area contributed by atoms with Gasteiger partial charge >= 0.3 is 0 Å². The Morgan fingerprint density at radius 1 is 1.16 bits per heavy atom. The van der Waals surface area contributed by atoms with Crippen LogP contribution in [0.4, 0.5) is 11.4 Å². The molecule has 0 aliphatic carbocycles. The molecule has 1 N–H and O–H groups in total. The van der Waals surface area contributed by atoms with Gasteiger partial charge in [-0.3, -0.25) is 19.4 Å². The molecule has 3 atom stereocenters. The number of thioether (sulfide) groups is 1. The lowest BCUT2D eigenvalue weighted by Crippen LogP contribution is -3.15. The van der Waals surface area contributed by atoms with Crippen LogP contribution in [0.1, 0.15) is 25.3 Å². The number of quaternary nitrogens is 1. The van der Waals surface area contributed by atoms with Gasteiger partial charge in [0.05, 0.1) is 31.6 Å². The predicted molar refractivity (Wildman–Crippen MR) is 123 cm³/mol. The molecule has 3 aliphatic heterocycles. The van der Waals surface area contributed by atoms with E-state index in [1.54, 1.807) is 12.0 Å². The topological polar surface area (TPSA) is 54.3 Å². The summed E-state index contributed by atoms with van der Waals surface area (Å²) in [5.41, 5.74) is 2.56. The number of piperidine rings is 1. The molecule has 0 saturated carbocycles. The van der Waals surface area contributed by atoms with Gasteiger partial charge in [0.25, 0.3) is 5.91 Å². The smallest absolute Gasteiger partial charge is 0.273 e. The number of methoxy groups -OCH3 is 1. The van der Waals surface area contributed by atoms with Gasteiger partial charge < -0.3 is 9.64 Å². The number of ether oxygens (including phenoxy) is 1. The van der Waals surface area contributed by atoms with Gasteiger partial charge in [-0.15, -0.1) is 11.8 Å². The minimum atomic E-state index is -1.04. The molecular formula is C24H28N3O3S+. The zero-order chi connectivity index (χ0) is 21.6. The molecule has 5 rings (SSSR count). The van der Waals surface area contributed by atoms with Crippen molar-refractivity contribution in [2.75, 3.05) is 42.4 Å². The highest BCUT2D eigenvalue weighted by molar-refractivity contribution is 8.02. The van der Waals surface area contributed by atoms with E-state index >= 15 is 0 Å². The highest BCUT2D eigenvalue weighted by Gasteiger charge is 2.61. The average molecular weight is 439 g/mol. The van der Waals surface area contributed by atoms with Crippen molar-refractivity contribution >= 4 is 35.0 Å². The molecule has 3 heterocycles. The van der Waals surface area contributed by atoms with Crippen LogP contribution in [0.3, 0.4) is 0 Å². The molecule has 0 bridgehead atoms. The molecule has 2 fully saturated rings. The van der Waals surface area contributed by atoms with Gasteiger partial charge in [-0.2, -0.15) is 0 Å². The van der Waals surface area contributed by atoms with Crippen molar-refractivity contribution in [2.45, 2.75) is 24.6 Å². The highest BCUT2D eigenvalue weighted by atomic mass is 32.2. The quantitative estimate of drug-likeness (QED) is 0.796. The number of rotatable bonds is 4. The Labute approximate surface area is 187 Å². The normalized spacial score (nSPS) is 27.8. The van der Waals surface area contributed by atoms with E-state index in [2.05, 4.69) is 6.92 Å². The molecule has 0 aromatic heterocycles. The minimum Gasteiger partial charge on any atom is -0.497 e. The van der Waals surface area contributed by atoms with Gasteiger partial charge in [0, 0.05) is 17.2 Å². The fraction of sp³-hybridized carbons (Fsp3) is 0.417. The third kappa shape index (κ3) is 3.22. The summed E-state index contributed by atoms with van der Waals surface area (Å²) in [5.74, 6) is 1.63. The van der Waals surface area contributed by atoms with Crippen LogP contribution < -0.4 is 19.4 Å². The van der Waals surface area contributed by atoms with Crippen molar-refractivity contribution in [2.24, 2.45) is 5.92 Å². The van der Waals surface area contributed by atoms with Crippen LogP contribution in [-0.4, -0.2) is 44.4 Å². The molecule has 0 radical (unpaired) electrons. The molecule has 2 aromatic rings. The monoisotopic (exact) mass is 438 g/mol. The molecule has 3 unspecified atom stereocenters. The van der Waals surface area contributed by atoms with Crippen LogP contribution in [0.15, 0.2) is 48.5 Å². The Balaban J connectivity index is 1.55. The summed E-state index contributed by atoms with van der Waals surface area (Å²) in [6, 6.07) is 15.4. The molecule has 31 heavy (non-hydrogen) atoms. The van der Waals surface area contributed by atoms with E-state index < -0.39 is 4.87 Å². The molecule has 162 valence electrons. The van der Waals surface area contributed by atoms with Gasteiger partial charge in [-0.1, -0.05) is 25.1 Å². The lowest BCUT2D eigenvalue weighted by atomic mass is 10.0. The number of likely N-dealkylation sites (tertiary alicyclic amines) is 1. The van der Waals surface area contributed by atoms with Crippen molar-refractivity contribution in [3.05, 3.63) is 54.1 Å². The fourth-order valence-electron chi connectivity index (χ4n) is 5.21. The second-order valence-corrected chi connectivity index (χ2v) is 9.89. The molecule has 2 saturated heterocycles. The van der Waals surface area contributed by atoms with E-state index in [1.165, 1.54) is 29.5 Å². The van der Waals surface area contributed by atoms with Crippen LogP contribution in [0, 0.1) is 5.92 Å². The fourth-order valence-corrected chi connectivity index (χ4v) is 6.57. The summed E-state index contributed by atoms with van der Waals surface area (Å²) in [5, 5.41) is 0. The first-order valence-corrected chi connectivity index (χ1v) is 11.9. The van der Waals surface area contributed by atoms with E-state index in [4.69, 9.17) is 4.74 Å². The molecule has 3 aliphatic rings. The number of hydrogen-bond acceptors (Lipinski definition) is 4. The van der Waals surface area contributed by atoms with Crippen LogP contribution in [0.5, 0.6) is 5.75 Å². The molecule has 2 amide bonds. The standard InChI is InChI=1S/C24H27N3O3S/c1-17-6-5-13-25(14-17)16-26-21-8-4-3-7-20(21)24(23(26)29)27(22(28)15-31-24)18-9-11-19(30-2)12-10-18/h3-4,7-12,17H,5-6,13-16H2,1-2H3/p+1. The highest BCUT2D eigenvalue weighted by Crippen LogP contribution is 2.55. The Hall–Kier alpha value is -2.51. The number of nitrogens with zero attached hydrogens (tertiary/aromatic N) is 2. The predicted octanol–water partition coefficient (Wildman–Crippen LogP) is 2.25. The Bertz CT molecular complexity index is 1010. The summed E-state index contributed by atoms with van der Waals surface area (Å²) in [6.07, 6.45) is 2.45. The number of anilines is 2. The first-order chi connectivity index (χ1) is 15.0. The number of carbonyl (C=O) groups excluding carboxylic acids is 2. The van der Waals surface area contributed by atoms with Crippen LogP contribution in [0.25, 0.3) is 0 Å². The second kappa shape index (κ2) is 7.88. The number of carbonyl (C=O) groups is 2.